The van der Waals surface area contributed by atoms with Gasteiger partial charge in [0.05, 0.1) is 7.11 Å². The molecule has 0 aliphatic carbocycles. The van der Waals surface area contributed by atoms with Gasteiger partial charge in [0.1, 0.15) is 5.75 Å². The topological polar surface area (TPSA) is 24.5 Å². The predicted octanol–water partition coefficient (Wildman–Crippen LogP) is 1.92. The quantitative estimate of drug-likeness (QED) is 0.861. The van der Waals surface area contributed by atoms with Crippen LogP contribution in [0.4, 0.5) is 0 Å². The summed E-state index contributed by atoms with van der Waals surface area (Å²) in [5.41, 5.74) is 1.28. The largest absolute Gasteiger partial charge is 0.496 e. The first-order chi connectivity index (χ1) is 8.69. The first-order valence-corrected chi connectivity index (χ1v) is 6.75. The number of hydrogen-bond acceptors (Lipinski definition) is 3. The molecule has 1 aliphatic rings. The Hall–Kier alpha value is -1.06. The van der Waals surface area contributed by atoms with Crippen LogP contribution in [0.3, 0.4) is 0 Å². The van der Waals surface area contributed by atoms with Gasteiger partial charge in [-0.3, -0.25) is 0 Å². The smallest absolute Gasteiger partial charge is 0.122 e. The molecule has 2 unspecified atom stereocenters. The van der Waals surface area contributed by atoms with Gasteiger partial charge < -0.3 is 15.0 Å². The highest BCUT2D eigenvalue weighted by molar-refractivity contribution is 5.33. The van der Waals surface area contributed by atoms with Crippen molar-refractivity contribution in [2.45, 2.75) is 31.8 Å². The molecule has 0 spiro atoms. The average molecular weight is 248 g/mol. The third-order valence-corrected chi connectivity index (χ3v) is 3.63. The molecule has 1 heterocycles. The summed E-state index contributed by atoms with van der Waals surface area (Å²) in [6.45, 7) is 4.63. The van der Waals surface area contributed by atoms with E-state index in [0.717, 1.165) is 18.7 Å². The molecule has 100 valence electrons. The summed E-state index contributed by atoms with van der Waals surface area (Å²) in [6.07, 6.45) is 2.27. The fourth-order valence-electron chi connectivity index (χ4n) is 2.73. The van der Waals surface area contributed by atoms with Crippen LogP contribution in [0.25, 0.3) is 0 Å². The van der Waals surface area contributed by atoms with Gasteiger partial charge in [-0.05, 0) is 45.0 Å². The number of nitrogens with one attached hydrogen (secondary N) is 1. The van der Waals surface area contributed by atoms with Gasteiger partial charge in [-0.25, -0.2) is 0 Å². The number of likely N-dealkylation sites (tertiary alicyclic amines) is 1. The van der Waals surface area contributed by atoms with Crippen LogP contribution < -0.4 is 10.1 Å². The normalized spacial score (nSPS) is 22.1. The van der Waals surface area contributed by atoms with Crippen molar-refractivity contribution in [2.75, 3.05) is 27.2 Å². The van der Waals surface area contributed by atoms with Crippen LogP contribution >= 0.6 is 0 Å². The van der Waals surface area contributed by atoms with Crippen molar-refractivity contribution in [3.63, 3.8) is 0 Å². The molecule has 3 heteroatoms. The molecular weight excluding hydrogens is 224 g/mol. The molecule has 1 aromatic rings. The second kappa shape index (κ2) is 6.21. The van der Waals surface area contributed by atoms with E-state index in [0.29, 0.717) is 12.1 Å². The van der Waals surface area contributed by atoms with Gasteiger partial charge in [0.15, 0.2) is 0 Å². The molecule has 0 bridgehead atoms. The lowest BCUT2D eigenvalue weighted by Gasteiger charge is -2.20. The van der Waals surface area contributed by atoms with Crippen LogP contribution in [-0.2, 0) is 6.42 Å². The van der Waals surface area contributed by atoms with Crippen molar-refractivity contribution < 1.29 is 4.74 Å². The minimum Gasteiger partial charge on any atom is -0.496 e. The maximum Gasteiger partial charge on any atom is 0.122 e. The van der Waals surface area contributed by atoms with Gasteiger partial charge in [-0.15, -0.1) is 0 Å². The number of nitrogens with zero attached hydrogens (tertiary/aromatic N) is 1. The zero-order valence-electron chi connectivity index (χ0n) is 11.6. The Balaban J connectivity index is 1.88. The van der Waals surface area contributed by atoms with Crippen LogP contribution in [0.2, 0.25) is 0 Å². The number of ether oxygens (including phenoxy) is 1. The lowest BCUT2D eigenvalue weighted by atomic mass is 10.0. The van der Waals surface area contributed by atoms with Crippen LogP contribution in [0.5, 0.6) is 5.75 Å². The first-order valence-electron chi connectivity index (χ1n) is 6.75. The van der Waals surface area contributed by atoms with Crippen molar-refractivity contribution in [3.05, 3.63) is 29.8 Å². The highest BCUT2D eigenvalue weighted by Crippen LogP contribution is 2.19. The van der Waals surface area contributed by atoms with Crippen LogP contribution in [0.15, 0.2) is 24.3 Å². The molecule has 1 saturated heterocycles. The Labute approximate surface area is 110 Å². The molecule has 1 aromatic carbocycles. The van der Waals surface area contributed by atoms with Crippen molar-refractivity contribution in [1.29, 1.82) is 0 Å². The Kier molecular flexibility index (Phi) is 4.61. The molecule has 3 nitrogen and oxygen atoms in total. The minimum atomic E-state index is 0.484. The highest BCUT2D eigenvalue weighted by Gasteiger charge is 2.20. The summed E-state index contributed by atoms with van der Waals surface area (Å²) < 4.78 is 5.40. The number of rotatable bonds is 5. The van der Waals surface area contributed by atoms with Crippen molar-refractivity contribution in [3.8, 4) is 5.75 Å². The standard InChI is InChI=1S/C15H24N2O/c1-12(16-14-8-9-17(2)11-14)10-13-6-4-5-7-15(13)18-3/h4-7,12,14,16H,8-11H2,1-3H3. The third kappa shape index (κ3) is 3.47. The molecular formula is C15H24N2O. The van der Waals surface area contributed by atoms with Gasteiger partial charge in [0.2, 0.25) is 0 Å². The first kappa shape index (κ1) is 13.4. The third-order valence-electron chi connectivity index (χ3n) is 3.63. The van der Waals surface area contributed by atoms with Crippen molar-refractivity contribution in [2.24, 2.45) is 0 Å². The second-order valence-corrected chi connectivity index (χ2v) is 5.33. The Morgan fingerprint density at radius 3 is 2.89 bits per heavy atom. The van der Waals surface area contributed by atoms with Crippen LogP contribution in [0.1, 0.15) is 18.9 Å². The molecule has 0 saturated carbocycles. The monoisotopic (exact) mass is 248 g/mol. The zero-order valence-corrected chi connectivity index (χ0v) is 11.6. The molecule has 18 heavy (non-hydrogen) atoms. The Bertz CT molecular complexity index is 381. The van der Waals surface area contributed by atoms with E-state index in [1.54, 1.807) is 7.11 Å². The molecule has 2 rings (SSSR count). The van der Waals surface area contributed by atoms with Gasteiger partial charge in [0.25, 0.3) is 0 Å². The van der Waals surface area contributed by atoms with Crippen LogP contribution in [0, 0.1) is 0 Å². The summed E-state index contributed by atoms with van der Waals surface area (Å²) in [5.74, 6) is 0.995. The van der Waals surface area contributed by atoms with E-state index in [9.17, 15) is 0 Å². The zero-order chi connectivity index (χ0) is 13.0. The van der Waals surface area contributed by atoms with E-state index in [-0.39, 0.29) is 0 Å². The van der Waals surface area contributed by atoms with Gasteiger partial charge in [-0.2, -0.15) is 0 Å². The average Bonchev–Trinajstić information content (AvgIpc) is 2.75. The van der Waals surface area contributed by atoms with E-state index in [1.807, 2.05) is 12.1 Å². The Morgan fingerprint density at radius 2 is 2.22 bits per heavy atom. The molecule has 1 fully saturated rings. The van der Waals surface area contributed by atoms with Gasteiger partial charge in [-0.1, -0.05) is 18.2 Å². The lowest BCUT2D eigenvalue weighted by Crippen LogP contribution is -2.39. The summed E-state index contributed by atoms with van der Waals surface area (Å²) in [5, 5.41) is 3.71. The van der Waals surface area contributed by atoms with Gasteiger partial charge >= 0.3 is 0 Å². The number of para-hydroxylation sites is 1. The van der Waals surface area contributed by atoms with E-state index >= 15 is 0 Å². The minimum absolute atomic E-state index is 0.484. The summed E-state index contributed by atoms with van der Waals surface area (Å²) in [7, 11) is 3.93. The van der Waals surface area contributed by atoms with E-state index < -0.39 is 0 Å². The van der Waals surface area contributed by atoms with Crippen LogP contribution in [-0.4, -0.2) is 44.2 Å². The van der Waals surface area contributed by atoms with Gasteiger partial charge in [0, 0.05) is 18.6 Å². The summed E-state index contributed by atoms with van der Waals surface area (Å²) >= 11 is 0. The van der Waals surface area contributed by atoms with E-state index in [2.05, 4.69) is 36.3 Å². The number of likely N-dealkylation sites (N-methyl/N-ethyl adjacent to an activating group) is 1. The molecule has 1 N–H and O–H groups in total. The predicted molar refractivity (Wildman–Crippen MR) is 75.2 cm³/mol. The molecule has 1 aliphatic heterocycles. The second-order valence-electron chi connectivity index (χ2n) is 5.33. The number of methoxy groups -OCH3 is 1. The van der Waals surface area contributed by atoms with Crippen molar-refractivity contribution in [1.82, 2.24) is 10.2 Å². The molecule has 0 aromatic heterocycles. The van der Waals surface area contributed by atoms with E-state index in [4.69, 9.17) is 4.74 Å². The SMILES string of the molecule is COc1ccccc1CC(C)NC1CCN(C)C1. The highest BCUT2D eigenvalue weighted by atomic mass is 16.5. The van der Waals surface area contributed by atoms with E-state index in [1.165, 1.54) is 18.5 Å². The number of benzene rings is 1. The maximum atomic E-state index is 5.40. The molecule has 0 amide bonds. The fraction of sp³-hybridized carbons (Fsp3) is 0.600. The van der Waals surface area contributed by atoms with Crippen molar-refractivity contribution >= 4 is 0 Å². The lowest BCUT2D eigenvalue weighted by molar-refractivity contribution is 0.380. The summed E-state index contributed by atoms with van der Waals surface area (Å²) in [6, 6.07) is 9.40. The fourth-order valence-corrected chi connectivity index (χ4v) is 2.73. The molecule has 0 radical (unpaired) electrons. The summed E-state index contributed by atoms with van der Waals surface area (Å²) in [4.78, 5) is 2.38. The molecule has 2 atom stereocenters. The Morgan fingerprint density at radius 1 is 1.44 bits per heavy atom. The number of hydrogen-bond donors (Lipinski definition) is 1. The maximum absolute atomic E-state index is 5.40.